The van der Waals surface area contributed by atoms with E-state index in [0.717, 1.165) is 0 Å². The lowest BCUT2D eigenvalue weighted by Gasteiger charge is -2.03. The van der Waals surface area contributed by atoms with E-state index < -0.39 is 0 Å². The van der Waals surface area contributed by atoms with Crippen molar-refractivity contribution in [1.82, 2.24) is 9.97 Å². The highest BCUT2D eigenvalue weighted by Gasteiger charge is 2.08. The minimum Gasteiger partial charge on any atom is -0.504 e. The monoisotopic (exact) mass is 228 g/mol. The summed E-state index contributed by atoms with van der Waals surface area (Å²) < 4.78 is 0. The van der Waals surface area contributed by atoms with Crippen LogP contribution in [-0.2, 0) is 0 Å². The van der Waals surface area contributed by atoms with Crippen LogP contribution >= 0.6 is 0 Å². The zero-order chi connectivity index (χ0) is 12.4. The molecule has 0 atom stereocenters. The first-order valence-corrected chi connectivity index (χ1v) is 4.67. The zero-order valence-electron chi connectivity index (χ0n) is 8.62. The Hall–Kier alpha value is -2.81. The molecule has 0 saturated heterocycles. The van der Waals surface area contributed by atoms with Crippen LogP contribution in [0, 0.1) is 11.3 Å². The van der Waals surface area contributed by atoms with E-state index in [1.807, 2.05) is 6.07 Å². The third-order valence-corrected chi connectivity index (χ3v) is 2.17. The molecule has 2 rings (SSSR count). The van der Waals surface area contributed by atoms with Gasteiger partial charge >= 0.3 is 0 Å². The Morgan fingerprint density at radius 2 is 2.00 bits per heavy atom. The van der Waals surface area contributed by atoms with E-state index in [9.17, 15) is 5.11 Å². The van der Waals surface area contributed by atoms with Crippen LogP contribution in [0.2, 0.25) is 0 Å². The Labute approximate surface area is 96.6 Å². The lowest BCUT2D eigenvalue weighted by atomic mass is 10.2. The van der Waals surface area contributed by atoms with Gasteiger partial charge in [0.15, 0.2) is 17.3 Å². The van der Waals surface area contributed by atoms with Crippen LogP contribution < -0.4 is 5.73 Å². The van der Waals surface area contributed by atoms with Crippen molar-refractivity contribution in [2.75, 3.05) is 5.73 Å². The van der Waals surface area contributed by atoms with Crippen LogP contribution in [0.3, 0.4) is 0 Å². The fourth-order valence-electron chi connectivity index (χ4n) is 1.28. The SMILES string of the molecule is N#Cc1cnc(-c2ccc(O)c(O)c2)nc1N. The predicted octanol–water partition coefficient (Wildman–Crippen LogP) is 1.01. The summed E-state index contributed by atoms with van der Waals surface area (Å²) in [5, 5.41) is 27.2. The highest BCUT2D eigenvalue weighted by Crippen LogP contribution is 2.29. The van der Waals surface area contributed by atoms with Gasteiger partial charge in [0.2, 0.25) is 0 Å². The molecule has 0 radical (unpaired) electrons. The minimum atomic E-state index is -0.269. The number of nitrogen functional groups attached to an aromatic ring is 1. The number of aromatic hydroxyl groups is 2. The van der Waals surface area contributed by atoms with Gasteiger partial charge in [-0.25, -0.2) is 9.97 Å². The largest absolute Gasteiger partial charge is 0.504 e. The number of rotatable bonds is 1. The van der Waals surface area contributed by atoms with Gasteiger partial charge in [-0.3, -0.25) is 0 Å². The van der Waals surface area contributed by atoms with Crippen LogP contribution in [0.4, 0.5) is 5.82 Å². The highest BCUT2D eigenvalue weighted by molar-refractivity contribution is 5.62. The van der Waals surface area contributed by atoms with Crippen molar-refractivity contribution in [3.63, 3.8) is 0 Å². The first-order chi connectivity index (χ1) is 8.11. The molecule has 1 aromatic heterocycles. The number of hydrogen-bond acceptors (Lipinski definition) is 6. The quantitative estimate of drug-likeness (QED) is 0.627. The van der Waals surface area contributed by atoms with Gasteiger partial charge in [0.1, 0.15) is 17.5 Å². The molecular weight excluding hydrogens is 220 g/mol. The minimum absolute atomic E-state index is 0.0741. The van der Waals surface area contributed by atoms with E-state index in [4.69, 9.17) is 16.1 Å². The van der Waals surface area contributed by atoms with Gasteiger partial charge in [0, 0.05) is 5.56 Å². The number of aromatic nitrogens is 2. The molecule has 0 aliphatic carbocycles. The molecule has 0 fully saturated rings. The third-order valence-electron chi connectivity index (χ3n) is 2.17. The van der Waals surface area contributed by atoms with Crippen molar-refractivity contribution >= 4 is 5.82 Å². The molecule has 0 aliphatic rings. The van der Waals surface area contributed by atoms with Crippen molar-refractivity contribution in [3.05, 3.63) is 30.0 Å². The summed E-state index contributed by atoms with van der Waals surface area (Å²) in [6.07, 6.45) is 1.31. The molecule has 6 nitrogen and oxygen atoms in total. The predicted molar refractivity (Wildman–Crippen MR) is 59.9 cm³/mol. The molecular formula is C11H8N4O2. The molecule has 84 valence electrons. The Morgan fingerprint density at radius 3 is 2.59 bits per heavy atom. The van der Waals surface area contributed by atoms with E-state index in [1.165, 1.54) is 24.4 Å². The molecule has 1 heterocycles. The molecule has 0 unspecified atom stereocenters. The maximum atomic E-state index is 9.34. The molecule has 6 heteroatoms. The second-order valence-electron chi connectivity index (χ2n) is 3.31. The second kappa shape index (κ2) is 3.98. The van der Waals surface area contributed by atoms with Crippen molar-refractivity contribution < 1.29 is 10.2 Å². The maximum absolute atomic E-state index is 9.34. The summed E-state index contributed by atoms with van der Waals surface area (Å²) in [5.74, 6) is -0.147. The smallest absolute Gasteiger partial charge is 0.161 e. The van der Waals surface area contributed by atoms with Crippen molar-refractivity contribution in [3.8, 4) is 29.0 Å². The van der Waals surface area contributed by atoms with Crippen LogP contribution in [0.25, 0.3) is 11.4 Å². The van der Waals surface area contributed by atoms with Crippen LogP contribution in [0.5, 0.6) is 11.5 Å². The van der Waals surface area contributed by atoms with E-state index in [2.05, 4.69) is 9.97 Å². The third kappa shape index (κ3) is 1.94. The summed E-state index contributed by atoms with van der Waals surface area (Å²) >= 11 is 0. The number of phenolic OH excluding ortho intramolecular Hbond substituents is 2. The molecule has 0 spiro atoms. The molecule has 1 aromatic carbocycles. The summed E-state index contributed by atoms with van der Waals surface area (Å²) in [6.45, 7) is 0. The van der Waals surface area contributed by atoms with Crippen LogP contribution in [0.15, 0.2) is 24.4 Å². The molecule has 0 amide bonds. The van der Waals surface area contributed by atoms with Gasteiger partial charge < -0.3 is 15.9 Å². The van der Waals surface area contributed by atoms with Gasteiger partial charge in [-0.2, -0.15) is 5.26 Å². The highest BCUT2D eigenvalue weighted by atomic mass is 16.3. The molecule has 0 aliphatic heterocycles. The molecule has 0 saturated carbocycles. The number of anilines is 1. The van der Waals surface area contributed by atoms with Gasteiger partial charge in [-0.15, -0.1) is 0 Å². The number of benzene rings is 1. The number of nitrogens with zero attached hydrogens (tertiary/aromatic N) is 3. The lowest BCUT2D eigenvalue weighted by Crippen LogP contribution is -1.98. The van der Waals surface area contributed by atoms with Gasteiger partial charge in [-0.05, 0) is 18.2 Å². The maximum Gasteiger partial charge on any atom is 0.161 e. The second-order valence-corrected chi connectivity index (χ2v) is 3.31. The first kappa shape index (κ1) is 10.7. The Kier molecular flexibility index (Phi) is 2.51. The Morgan fingerprint density at radius 1 is 1.24 bits per heavy atom. The lowest BCUT2D eigenvalue weighted by molar-refractivity contribution is 0.404. The molecule has 0 bridgehead atoms. The normalized spacial score (nSPS) is 9.82. The number of phenols is 2. The van der Waals surface area contributed by atoms with Crippen molar-refractivity contribution in [2.24, 2.45) is 0 Å². The average molecular weight is 228 g/mol. The van der Waals surface area contributed by atoms with E-state index in [0.29, 0.717) is 5.56 Å². The molecule has 4 N–H and O–H groups in total. The number of hydrogen-bond donors (Lipinski definition) is 3. The fraction of sp³-hybridized carbons (Fsp3) is 0. The first-order valence-electron chi connectivity index (χ1n) is 4.67. The average Bonchev–Trinajstić information content (AvgIpc) is 2.32. The van der Waals surface area contributed by atoms with Crippen LogP contribution in [0.1, 0.15) is 5.56 Å². The van der Waals surface area contributed by atoms with E-state index >= 15 is 0 Å². The molecule has 2 aromatic rings. The zero-order valence-corrected chi connectivity index (χ0v) is 8.62. The standard InChI is InChI=1S/C11H8N4O2/c12-4-7-5-14-11(15-10(7)13)6-1-2-8(16)9(17)3-6/h1-3,5,16-17H,(H2,13,14,15). The van der Waals surface area contributed by atoms with E-state index in [-0.39, 0.29) is 28.7 Å². The number of nitriles is 1. The topological polar surface area (TPSA) is 116 Å². The van der Waals surface area contributed by atoms with Crippen LogP contribution in [-0.4, -0.2) is 20.2 Å². The van der Waals surface area contributed by atoms with Crippen molar-refractivity contribution in [1.29, 1.82) is 5.26 Å². The van der Waals surface area contributed by atoms with Crippen molar-refractivity contribution in [2.45, 2.75) is 0 Å². The van der Waals surface area contributed by atoms with Gasteiger partial charge in [-0.1, -0.05) is 0 Å². The van der Waals surface area contributed by atoms with E-state index in [1.54, 1.807) is 0 Å². The fourth-order valence-corrected chi connectivity index (χ4v) is 1.28. The summed E-state index contributed by atoms with van der Waals surface area (Å²) in [5.41, 5.74) is 6.24. The molecule has 17 heavy (non-hydrogen) atoms. The summed E-state index contributed by atoms with van der Waals surface area (Å²) in [4.78, 5) is 7.88. The van der Waals surface area contributed by atoms with Gasteiger partial charge in [0.25, 0.3) is 0 Å². The number of nitrogens with two attached hydrogens (primary N) is 1. The summed E-state index contributed by atoms with van der Waals surface area (Å²) in [7, 11) is 0. The van der Waals surface area contributed by atoms with Gasteiger partial charge in [0.05, 0.1) is 6.20 Å². The Bertz CT molecular complexity index is 619. The Balaban J connectivity index is 2.50. The summed E-state index contributed by atoms with van der Waals surface area (Å²) in [6, 6.07) is 6.03.